The van der Waals surface area contributed by atoms with Crippen molar-refractivity contribution in [1.82, 2.24) is 15.2 Å². The Morgan fingerprint density at radius 3 is 2.50 bits per heavy atom. The Balaban J connectivity index is 1.24. The number of fused-ring (bicyclic) bond motifs is 1. The molecule has 0 unspecified atom stereocenters. The molecule has 0 saturated carbocycles. The number of carbonyl (C=O) groups excluding carboxylic acids is 1. The van der Waals surface area contributed by atoms with Crippen molar-refractivity contribution in [3.63, 3.8) is 0 Å². The van der Waals surface area contributed by atoms with Crippen LogP contribution < -0.4 is 10.2 Å². The van der Waals surface area contributed by atoms with E-state index < -0.39 is 0 Å². The van der Waals surface area contributed by atoms with Crippen LogP contribution in [0.4, 0.5) is 5.69 Å². The fourth-order valence-electron chi connectivity index (χ4n) is 3.60. The number of hydrogen-bond donors (Lipinski definition) is 1. The van der Waals surface area contributed by atoms with E-state index in [1.807, 2.05) is 30.3 Å². The molecule has 2 heterocycles. The minimum atomic E-state index is -0.107. The number of nitrogens with one attached hydrogen (secondary N) is 1. The molecule has 144 valence electrons. The highest BCUT2D eigenvalue weighted by atomic mass is 16.1. The lowest BCUT2D eigenvalue weighted by atomic mass is 10.2. The van der Waals surface area contributed by atoms with Crippen molar-refractivity contribution < 1.29 is 4.79 Å². The molecule has 3 aromatic rings. The van der Waals surface area contributed by atoms with Crippen LogP contribution in [-0.4, -0.2) is 55.1 Å². The summed E-state index contributed by atoms with van der Waals surface area (Å²) in [7, 11) is 0. The van der Waals surface area contributed by atoms with Gasteiger partial charge in [0.25, 0.3) is 5.91 Å². The van der Waals surface area contributed by atoms with Gasteiger partial charge in [-0.05, 0) is 31.2 Å². The third-order valence-corrected chi connectivity index (χ3v) is 5.32. The maximum Gasteiger partial charge on any atom is 0.269 e. The summed E-state index contributed by atoms with van der Waals surface area (Å²) in [5, 5.41) is 4.05. The van der Waals surface area contributed by atoms with Crippen molar-refractivity contribution in [3.8, 4) is 0 Å². The van der Waals surface area contributed by atoms with Crippen LogP contribution in [0.25, 0.3) is 10.9 Å². The molecule has 5 heteroatoms. The first-order valence-electron chi connectivity index (χ1n) is 9.87. The maximum atomic E-state index is 12.4. The summed E-state index contributed by atoms with van der Waals surface area (Å²) in [6.45, 7) is 7.67. The van der Waals surface area contributed by atoms with Gasteiger partial charge in [0.05, 0.1) is 5.52 Å². The quantitative estimate of drug-likeness (QED) is 0.746. The van der Waals surface area contributed by atoms with Crippen LogP contribution >= 0.6 is 0 Å². The smallest absolute Gasteiger partial charge is 0.269 e. The van der Waals surface area contributed by atoms with Crippen LogP contribution in [0.1, 0.15) is 16.1 Å². The number of aromatic nitrogens is 1. The van der Waals surface area contributed by atoms with Crippen LogP contribution in [0.15, 0.2) is 60.7 Å². The standard InChI is InChI=1S/C23H26N4O/c1-18-6-9-20(10-7-18)27-16-14-26(15-17-27)13-12-24-23(28)22-11-8-19-4-2-3-5-21(19)25-22/h2-11H,12-17H2,1H3,(H,24,28). The molecule has 1 aliphatic rings. The number of piperazine rings is 1. The summed E-state index contributed by atoms with van der Waals surface area (Å²) in [5.74, 6) is -0.107. The molecule has 1 fully saturated rings. The van der Waals surface area contributed by atoms with E-state index >= 15 is 0 Å². The summed E-state index contributed by atoms with van der Waals surface area (Å²) in [6, 6.07) is 20.3. The molecule has 0 aliphatic carbocycles. The Morgan fingerprint density at radius 2 is 1.71 bits per heavy atom. The number of nitrogens with zero attached hydrogens (tertiary/aromatic N) is 3. The van der Waals surface area contributed by atoms with Crippen molar-refractivity contribution >= 4 is 22.5 Å². The minimum Gasteiger partial charge on any atom is -0.369 e. The molecule has 4 rings (SSSR count). The van der Waals surface area contributed by atoms with Crippen LogP contribution in [0, 0.1) is 6.92 Å². The lowest BCUT2D eigenvalue weighted by molar-refractivity contribution is 0.0943. The summed E-state index contributed by atoms with van der Waals surface area (Å²) < 4.78 is 0. The zero-order valence-electron chi connectivity index (χ0n) is 16.3. The van der Waals surface area contributed by atoms with Gasteiger partial charge in [-0.25, -0.2) is 4.98 Å². The first-order chi connectivity index (χ1) is 13.7. The number of carbonyl (C=O) groups is 1. The molecule has 2 aromatic carbocycles. The molecule has 28 heavy (non-hydrogen) atoms. The van der Waals surface area contributed by atoms with E-state index in [0.29, 0.717) is 12.2 Å². The van der Waals surface area contributed by atoms with Gasteiger partial charge in [-0.1, -0.05) is 42.0 Å². The van der Waals surface area contributed by atoms with Gasteiger partial charge in [-0.3, -0.25) is 9.69 Å². The molecule has 0 radical (unpaired) electrons. The second kappa shape index (κ2) is 8.40. The highest BCUT2D eigenvalue weighted by Crippen LogP contribution is 2.17. The summed E-state index contributed by atoms with van der Waals surface area (Å²) >= 11 is 0. The van der Waals surface area contributed by atoms with E-state index in [1.165, 1.54) is 11.3 Å². The third-order valence-electron chi connectivity index (χ3n) is 5.32. The molecule has 0 atom stereocenters. The van der Waals surface area contributed by atoms with E-state index in [0.717, 1.165) is 43.6 Å². The monoisotopic (exact) mass is 374 g/mol. The van der Waals surface area contributed by atoms with E-state index in [4.69, 9.17) is 0 Å². The summed E-state index contributed by atoms with van der Waals surface area (Å²) in [4.78, 5) is 21.7. The van der Waals surface area contributed by atoms with E-state index in [2.05, 4.69) is 51.3 Å². The number of benzene rings is 2. The van der Waals surface area contributed by atoms with Gasteiger partial charge in [0.2, 0.25) is 0 Å². The Kier molecular flexibility index (Phi) is 5.53. The number of aryl methyl sites for hydroxylation is 1. The first-order valence-corrected chi connectivity index (χ1v) is 9.87. The predicted molar refractivity (Wildman–Crippen MR) is 114 cm³/mol. The number of rotatable bonds is 5. The number of hydrogen-bond acceptors (Lipinski definition) is 4. The van der Waals surface area contributed by atoms with Gasteiger partial charge in [0.1, 0.15) is 5.69 Å². The molecule has 1 N–H and O–H groups in total. The second-order valence-electron chi connectivity index (χ2n) is 7.31. The van der Waals surface area contributed by atoms with Gasteiger partial charge in [0, 0.05) is 50.3 Å². The van der Waals surface area contributed by atoms with Crippen LogP contribution in [0.2, 0.25) is 0 Å². The number of anilines is 1. The zero-order valence-corrected chi connectivity index (χ0v) is 16.3. The topological polar surface area (TPSA) is 48.5 Å². The van der Waals surface area contributed by atoms with Crippen molar-refractivity contribution in [2.45, 2.75) is 6.92 Å². The highest BCUT2D eigenvalue weighted by molar-refractivity contribution is 5.94. The molecule has 1 aromatic heterocycles. The molecule has 0 bridgehead atoms. The molecule has 1 amide bonds. The Labute approximate surface area is 166 Å². The zero-order chi connectivity index (χ0) is 19.3. The largest absolute Gasteiger partial charge is 0.369 e. The van der Waals surface area contributed by atoms with E-state index in [-0.39, 0.29) is 5.91 Å². The van der Waals surface area contributed by atoms with Gasteiger partial charge in [-0.15, -0.1) is 0 Å². The average Bonchev–Trinajstić information content (AvgIpc) is 2.74. The fraction of sp³-hybridized carbons (Fsp3) is 0.304. The molecule has 5 nitrogen and oxygen atoms in total. The molecule has 1 saturated heterocycles. The number of para-hydroxylation sites is 1. The second-order valence-corrected chi connectivity index (χ2v) is 7.31. The van der Waals surface area contributed by atoms with Crippen molar-refractivity contribution in [2.75, 3.05) is 44.2 Å². The van der Waals surface area contributed by atoms with Gasteiger partial charge < -0.3 is 10.2 Å². The fourth-order valence-corrected chi connectivity index (χ4v) is 3.60. The Bertz CT molecular complexity index is 946. The van der Waals surface area contributed by atoms with Crippen LogP contribution in [0.5, 0.6) is 0 Å². The molecule has 0 spiro atoms. The minimum absolute atomic E-state index is 0.107. The molecular formula is C23H26N4O. The Hall–Kier alpha value is -2.92. The average molecular weight is 374 g/mol. The number of pyridine rings is 1. The maximum absolute atomic E-state index is 12.4. The number of amides is 1. The molecular weight excluding hydrogens is 348 g/mol. The normalized spacial score (nSPS) is 15.0. The lowest BCUT2D eigenvalue weighted by Crippen LogP contribution is -2.48. The van der Waals surface area contributed by atoms with Crippen LogP contribution in [0.3, 0.4) is 0 Å². The predicted octanol–water partition coefficient (Wildman–Crippen LogP) is 3.10. The van der Waals surface area contributed by atoms with Gasteiger partial charge >= 0.3 is 0 Å². The van der Waals surface area contributed by atoms with Crippen molar-refractivity contribution in [2.24, 2.45) is 0 Å². The Morgan fingerprint density at radius 1 is 0.964 bits per heavy atom. The summed E-state index contributed by atoms with van der Waals surface area (Å²) in [6.07, 6.45) is 0. The van der Waals surface area contributed by atoms with Gasteiger partial charge in [0.15, 0.2) is 0 Å². The van der Waals surface area contributed by atoms with Gasteiger partial charge in [-0.2, -0.15) is 0 Å². The third kappa shape index (κ3) is 4.31. The SMILES string of the molecule is Cc1ccc(N2CCN(CCNC(=O)c3ccc4ccccc4n3)CC2)cc1. The highest BCUT2D eigenvalue weighted by Gasteiger charge is 2.17. The molecule has 1 aliphatic heterocycles. The lowest BCUT2D eigenvalue weighted by Gasteiger charge is -2.36. The van der Waals surface area contributed by atoms with Crippen molar-refractivity contribution in [1.29, 1.82) is 0 Å². The van der Waals surface area contributed by atoms with Crippen molar-refractivity contribution in [3.05, 3.63) is 71.9 Å². The first kappa shape index (κ1) is 18.4. The van der Waals surface area contributed by atoms with Crippen LogP contribution in [-0.2, 0) is 0 Å². The van der Waals surface area contributed by atoms with E-state index in [9.17, 15) is 4.79 Å². The summed E-state index contributed by atoms with van der Waals surface area (Å²) in [5.41, 5.74) is 3.91. The van der Waals surface area contributed by atoms with E-state index in [1.54, 1.807) is 6.07 Å².